The number of anilines is 2. The van der Waals surface area contributed by atoms with Gasteiger partial charge in [0.2, 0.25) is 10.0 Å². The predicted molar refractivity (Wildman–Crippen MR) is 68.6 cm³/mol. The number of nitrogens with one attached hydrogen (secondary N) is 2. The van der Waals surface area contributed by atoms with Crippen LogP contribution in [0, 0.1) is 0 Å². The van der Waals surface area contributed by atoms with Crippen LogP contribution in [0.1, 0.15) is 26.2 Å². The Morgan fingerprint density at radius 2 is 2.18 bits per heavy atom. The molecule has 0 radical (unpaired) electrons. The number of nitrogens with zero attached hydrogens (tertiary/aromatic N) is 1. The van der Waals surface area contributed by atoms with Crippen LogP contribution >= 0.6 is 0 Å². The summed E-state index contributed by atoms with van der Waals surface area (Å²) in [7, 11) is -3.22. The second-order valence-electron chi connectivity index (χ2n) is 4.27. The third-order valence-electron chi connectivity index (χ3n) is 2.44. The van der Waals surface area contributed by atoms with E-state index in [1.165, 1.54) is 19.0 Å². The lowest BCUT2D eigenvalue weighted by Crippen LogP contribution is -2.16. The Balaban J connectivity index is 1.97. The maximum atomic E-state index is 11.5. The molecular formula is C11H17N3O2S. The van der Waals surface area contributed by atoms with Crippen LogP contribution in [0.2, 0.25) is 0 Å². The molecule has 2 rings (SSSR count). The number of hydrogen-bond acceptors (Lipinski definition) is 4. The molecule has 6 heteroatoms. The van der Waals surface area contributed by atoms with Crippen molar-refractivity contribution in [3.8, 4) is 0 Å². The van der Waals surface area contributed by atoms with Crippen LogP contribution in [0.5, 0.6) is 0 Å². The van der Waals surface area contributed by atoms with E-state index in [-0.39, 0.29) is 5.75 Å². The first-order chi connectivity index (χ1) is 8.09. The highest BCUT2D eigenvalue weighted by molar-refractivity contribution is 7.92. The largest absolute Gasteiger partial charge is 0.367 e. The first-order valence-electron chi connectivity index (χ1n) is 5.82. The minimum atomic E-state index is -3.22. The molecule has 1 aromatic rings. The predicted octanol–water partition coefficient (Wildman–Crippen LogP) is 1.81. The summed E-state index contributed by atoms with van der Waals surface area (Å²) in [5.41, 5.74) is 0.514. The highest BCUT2D eigenvalue weighted by Gasteiger charge is 2.21. The van der Waals surface area contributed by atoms with E-state index in [2.05, 4.69) is 15.0 Å². The van der Waals surface area contributed by atoms with Gasteiger partial charge in [-0.05, 0) is 31.4 Å². The SMILES string of the molecule is CCCS(=O)(=O)Nc1ccc(NC2CC2)nc1. The van der Waals surface area contributed by atoms with Crippen LogP contribution in [0.25, 0.3) is 0 Å². The van der Waals surface area contributed by atoms with Crippen molar-refractivity contribution < 1.29 is 8.42 Å². The molecule has 0 atom stereocenters. The fraction of sp³-hybridized carbons (Fsp3) is 0.545. The molecule has 0 amide bonds. The van der Waals surface area contributed by atoms with Crippen molar-refractivity contribution in [1.82, 2.24) is 4.98 Å². The average molecular weight is 255 g/mol. The minimum Gasteiger partial charge on any atom is -0.367 e. The normalized spacial score (nSPS) is 15.6. The number of aromatic nitrogens is 1. The standard InChI is InChI=1S/C11H17N3O2S/c1-2-7-17(15,16)14-10-5-6-11(12-8-10)13-9-3-4-9/h5-6,8-9,14H,2-4,7H2,1H3,(H,12,13). The van der Waals surface area contributed by atoms with Gasteiger partial charge in [0.1, 0.15) is 5.82 Å². The summed E-state index contributed by atoms with van der Waals surface area (Å²) in [5, 5.41) is 3.24. The van der Waals surface area contributed by atoms with E-state index in [1.807, 2.05) is 6.92 Å². The molecule has 0 saturated heterocycles. The number of rotatable bonds is 6. The van der Waals surface area contributed by atoms with Gasteiger partial charge in [-0.25, -0.2) is 13.4 Å². The molecule has 0 aliphatic heterocycles. The molecule has 0 bridgehead atoms. The lowest BCUT2D eigenvalue weighted by molar-refractivity contribution is 0.600. The minimum absolute atomic E-state index is 0.134. The lowest BCUT2D eigenvalue weighted by Gasteiger charge is -2.08. The molecule has 0 aromatic carbocycles. The molecule has 1 heterocycles. The first-order valence-corrected chi connectivity index (χ1v) is 7.47. The van der Waals surface area contributed by atoms with Gasteiger partial charge in [-0.3, -0.25) is 4.72 Å². The highest BCUT2D eigenvalue weighted by atomic mass is 32.2. The van der Waals surface area contributed by atoms with Gasteiger partial charge in [-0.2, -0.15) is 0 Å². The Labute approximate surface area is 102 Å². The first kappa shape index (κ1) is 12.2. The van der Waals surface area contributed by atoms with Gasteiger partial charge in [0.15, 0.2) is 0 Å². The highest BCUT2D eigenvalue weighted by Crippen LogP contribution is 2.24. The van der Waals surface area contributed by atoms with Gasteiger partial charge in [-0.15, -0.1) is 0 Å². The van der Waals surface area contributed by atoms with Gasteiger partial charge < -0.3 is 5.32 Å². The summed E-state index contributed by atoms with van der Waals surface area (Å²) in [5.74, 6) is 0.931. The van der Waals surface area contributed by atoms with Crippen LogP contribution in [0.4, 0.5) is 11.5 Å². The van der Waals surface area contributed by atoms with Gasteiger partial charge in [-0.1, -0.05) is 6.92 Å². The Morgan fingerprint density at radius 1 is 1.41 bits per heavy atom. The molecule has 1 saturated carbocycles. The monoisotopic (exact) mass is 255 g/mol. The van der Waals surface area contributed by atoms with Crippen molar-refractivity contribution in [3.63, 3.8) is 0 Å². The molecule has 17 heavy (non-hydrogen) atoms. The molecule has 5 nitrogen and oxygen atoms in total. The maximum Gasteiger partial charge on any atom is 0.232 e. The molecule has 1 fully saturated rings. The summed E-state index contributed by atoms with van der Waals surface area (Å²) in [6, 6.07) is 4.07. The molecular weight excluding hydrogens is 238 g/mol. The topological polar surface area (TPSA) is 71.1 Å². The zero-order chi connectivity index (χ0) is 12.3. The van der Waals surface area contributed by atoms with Crippen molar-refractivity contribution >= 4 is 21.5 Å². The Morgan fingerprint density at radius 3 is 2.71 bits per heavy atom. The van der Waals surface area contributed by atoms with Crippen molar-refractivity contribution in [3.05, 3.63) is 18.3 Å². The smallest absolute Gasteiger partial charge is 0.232 e. The third-order valence-corrected chi connectivity index (χ3v) is 3.93. The second-order valence-corrected chi connectivity index (χ2v) is 6.11. The molecule has 94 valence electrons. The van der Waals surface area contributed by atoms with E-state index in [0.717, 1.165) is 5.82 Å². The summed E-state index contributed by atoms with van der Waals surface area (Å²) >= 11 is 0. The zero-order valence-corrected chi connectivity index (χ0v) is 10.6. The Hall–Kier alpha value is -1.30. The number of hydrogen-bond donors (Lipinski definition) is 2. The molecule has 0 unspecified atom stereocenters. The van der Waals surface area contributed by atoms with Gasteiger partial charge in [0.05, 0.1) is 17.6 Å². The Bertz CT molecular complexity index is 466. The summed E-state index contributed by atoms with van der Waals surface area (Å²) in [6.45, 7) is 1.83. The molecule has 1 aliphatic carbocycles. The van der Waals surface area contributed by atoms with Gasteiger partial charge in [0, 0.05) is 6.04 Å². The zero-order valence-electron chi connectivity index (χ0n) is 9.81. The number of sulfonamides is 1. The fourth-order valence-electron chi connectivity index (χ4n) is 1.48. The van der Waals surface area contributed by atoms with E-state index in [4.69, 9.17) is 0 Å². The third kappa shape index (κ3) is 3.89. The molecule has 1 aliphatic rings. The Kier molecular flexibility index (Phi) is 3.51. The van der Waals surface area contributed by atoms with E-state index < -0.39 is 10.0 Å². The molecule has 1 aromatic heterocycles. The van der Waals surface area contributed by atoms with Crippen LogP contribution in [-0.2, 0) is 10.0 Å². The number of pyridine rings is 1. The van der Waals surface area contributed by atoms with E-state index in [9.17, 15) is 8.42 Å². The van der Waals surface area contributed by atoms with Gasteiger partial charge in [0.25, 0.3) is 0 Å². The molecule has 0 spiro atoms. The fourth-order valence-corrected chi connectivity index (χ4v) is 2.60. The summed E-state index contributed by atoms with van der Waals surface area (Å²) < 4.78 is 25.5. The lowest BCUT2D eigenvalue weighted by atomic mass is 10.4. The van der Waals surface area contributed by atoms with Crippen molar-refractivity contribution in [2.24, 2.45) is 0 Å². The second kappa shape index (κ2) is 4.91. The quantitative estimate of drug-likeness (QED) is 0.813. The average Bonchev–Trinajstić information content (AvgIpc) is 3.04. The van der Waals surface area contributed by atoms with Crippen molar-refractivity contribution in [2.45, 2.75) is 32.2 Å². The van der Waals surface area contributed by atoms with E-state index in [1.54, 1.807) is 12.1 Å². The van der Waals surface area contributed by atoms with Crippen molar-refractivity contribution in [2.75, 3.05) is 15.8 Å². The maximum absolute atomic E-state index is 11.5. The van der Waals surface area contributed by atoms with Crippen LogP contribution in [-0.4, -0.2) is 25.2 Å². The molecule has 2 N–H and O–H groups in total. The van der Waals surface area contributed by atoms with Crippen LogP contribution < -0.4 is 10.0 Å². The summed E-state index contributed by atoms with van der Waals surface area (Å²) in [4.78, 5) is 4.17. The van der Waals surface area contributed by atoms with Crippen LogP contribution in [0.15, 0.2) is 18.3 Å². The summed E-state index contributed by atoms with van der Waals surface area (Å²) in [6.07, 6.45) is 4.52. The van der Waals surface area contributed by atoms with Crippen molar-refractivity contribution in [1.29, 1.82) is 0 Å². The van der Waals surface area contributed by atoms with E-state index in [0.29, 0.717) is 18.2 Å². The van der Waals surface area contributed by atoms with E-state index >= 15 is 0 Å². The van der Waals surface area contributed by atoms with Gasteiger partial charge >= 0.3 is 0 Å². The van der Waals surface area contributed by atoms with Crippen LogP contribution in [0.3, 0.4) is 0 Å².